The van der Waals surface area contributed by atoms with Crippen molar-refractivity contribution in [1.82, 2.24) is 0 Å². The number of carbonyl (C=O) groups excluding carboxylic acids is 1. The summed E-state index contributed by atoms with van der Waals surface area (Å²) in [5, 5.41) is 2.77. The zero-order valence-corrected chi connectivity index (χ0v) is 19.0. The van der Waals surface area contributed by atoms with Crippen LogP contribution in [0.2, 0.25) is 0 Å². The number of hydrogen-bond acceptors (Lipinski definition) is 5. The van der Waals surface area contributed by atoms with Gasteiger partial charge in [0.1, 0.15) is 11.5 Å². The molecule has 32 heavy (non-hydrogen) atoms. The Bertz CT molecular complexity index is 1140. The average molecular weight is 455 g/mol. The van der Waals surface area contributed by atoms with Crippen molar-refractivity contribution < 1.29 is 22.7 Å². The van der Waals surface area contributed by atoms with Crippen LogP contribution in [-0.4, -0.2) is 27.5 Å². The van der Waals surface area contributed by atoms with Gasteiger partial charge in [-0.1, -0.05) is 24.6 Å². The van der Waals surface area contributed by atoms with Gasteiger partial charge in [-0.15, -0.1) is 0 Å². The lowest BCUT2D eigenvalue weighted by Crippen LogP contribution is -2.32. The minimum absolute atomic E-state index is 0.0950. The zero-order valence-electron chi connectivity index (χ0n) is 18.2. The number of sulfonamides is 1. The predicted octanol–water partition coefficient (Wildman–Crippen LogP) is 4.60. The third kappa shape index (κ3) is 6.01. The molecule has 168 valence electrons. The van der Waals surface area contributed by atoms with Gasteiger partial charge in [0.25, 0.3) is 15.9 Å². The number of ether oxygens (including phenoxy) is 2. The molecule has 0 aromatic heterocycles. The third-order valence-electron chi connectivity index (χ3n) is 4.74. The van der Waals surface area contributed by atoms with Gasteiger partial charge in [-0.2, -0.15) is 0 Å². The van der Waals surface area contributed by atoms with Gasteiger partial charge in [0.15, 0.2) is 6.10 Å². The first-order valence-electron chi connectivity index (χ1n) is 10.1. The molecule has 1 unspecified atom stereocenters. The number of hydrogen-bond donors (Lipinski definition) is 2. The highest BCUT2D eigenvalue weighted by Gasteiger charge is 2.19. The highest BCUT2D eigenvalue weighted by Crippen LogP contribution is 2.21. The molecule has 0 heterocycles. The molecule has 0 spiro atoms. The number of benzene rings is 3. The molecular formula is C24H26N2O5S. The predicted molar refractivity (Wildman–Crippen MR) is 125 cm³/mol. The highest BCUT2D eigenvalue weighted by atomic mass is 32.2. The highest BCUT2D eigenvalue weighted by molar-refractivity contribution is 7.92. The first-order valence-corrected chi connectivity index (χ1v) is 11.6. The van der Waals surface area contributed by atoms with Gasteiger partial charge in [-0.3, -0.25) is 9.52 Å². The SMILES string of the molecule is CCC(Oc1ccc(OC)cc1)C(=O)Nc1ccc(S(=O)(=O)Nc2ccc(C)cc2)cc1. The number of carbonyl (C=O) groups is 1. The van der Waals surface area contributed by atoms with Crippen molar-refractivity contribution in [2.75, 3.05) is 17.1 Å². The second-order valence-corrected chi connectivity index (χ2v) is 8.86. The Hall–Kier alpha value is -3.52. The lowest BCUT2D eigenvalue weighted by Gasteiger charge is -2.17. The molecule has 8 heteroatoms. The molecular weight excluding hydrogens is 428 g/mol. The molecule has 7 nitrogen and oxygen atoms in total. The quantitative estimate of drug-likeness (QED) is 0.493. The Labute approximate surface area is 188 Å². The van der Waals surface area contributed by atoms with Gasteiger partial charge < -0.3 is 14.8 Å². The zero-order chi connectivity index (χ0) is 23.1. The molecule has 3 rings (SSSR count). The van der Waals surface area contributed by atoms with Crippen LogP contribution < -0.4 is 19.5 Å². The second kappa shape index (κ2) is 10.2. The second-order valence-electron chi connectivity index (χ2n) is 7.18. The molecule has 3 aromatic rings. The monoisotopic (exact) mass is 454 g/mol. The average Bonchev–Trinajstić information content (AvgIpc) is 2.79. The van der Waals surface area contributed by atoms with E-state index >= 15 is 0 Å². The third-order valence-corrected chi connectivity index (χ3v) is 6.13. The minimum atomic E-state index is -3.74. The number of aryl methyl sites for hydroxylation is 1. The van der Waals surface area contributed by atoms with Crippen LogP contribution in [0, 0.1) is 6.92 Å². The first kappa shape index (κ1) is 23.1. The van der Waals surface area contributed by atoms with Crippen LogP contribution in [0.1, 0.15) is 18.9 Å². The summed E-state index contributed by atoms with van der Waals surface area (Å²) in [5.41, 5.74) is 1.99. The molecule has 1 atom stereocenters. The fourth-order valence-corrected chi connectivity index (χ4v) is 3.98. The van der Waals surface area contributed by atoms with Crippen molar-refractivity contribution >= 4 is 27.3 Å². The first-order chi connectivity index (χ1) is 15.3. The van der Waals surface area contributed by atoms with Crippen LogP contribution in [0.5, 0.6) is 11.5 Å². The summed E-state index contributed by atoms with van der Waals surface area (Å²) in [5.74, 6) is 0.926. The molecule has 0 aliphatic carbocycles. The van der Waals surface area contributed by atoms with Crippen LogP contribution in [0.15, 0.2) is 77.7 Å². The van der Waals surface area contributed by atoms with Gasteiger partial charge in [0, 0.05) is 11.4 Å². The fraction of sp³-hybridized carbons (Fsp3) is 0.208. The lowest BCUT2D eigenvalue weighted by atomic mass is 10.2. The van der Waals surface area contributed by atoms with Crippen LogP contribution in [-0.2, 0) is 14.8 Å². The van der Waals surface area contributed by atoms with E-state index in [4.69, 9.17) is 9.47 Å². The standard InChI is InChI=1S/C24H26N2O5S/c1-4-23(31-21-13-11-20(30-3)12-14-21)24(27)25-18-9-15-22(16-10-18)32(28,29)26-19-7-5-17(2)6-8-19/h5-16,23,26H,4H2,1-3H3,(H,25,27). The summed E-state index contributed by atoms with van der Waals surface area (Å²) in [6, 6.07) is 20.0. The molecule has 0 bridgehead atoms. The van der Waals surface area contributed by atoms with Crippen molar-refractivity contribution in [2.45, 2.75) is 31.3 Å². The Morgan fingerprint density at radius 2 is 1.44 bits per heavy atom. The topological polar surface area (TPSA) is 93.7 Å². The summed E-state index contributed by atoms with van der Waals surface area (Å²) in [6.45, 7) is 3.77. The van der Waals surface area contributed by atoms with Crippen LogP contribution in [0.3, 0.4) is 0 Å². The molecule has 0 saturated carbocycles. The van der Waals surface area contributed by atoms with E-state index in [0.717, 1.165) is 5.56 Å². The fourth-order valence-electron chi connectivity index (χ4n) is 2.92. The molecule has 0 aliphatic rings. The Balaban J connectivity index is 1.64. The summed E-state index contributed by atoms with van der Waals surface area (Å²) >= 11 is 0. The number of amides is 1. The Morgan fingerprint density at radius 1 is 0.875 bits per heavy atom. The molecule has 0 aliphatic heterocycles. The van der Waals surface area contributed by atoms with E-state index in [1.807, 2.05) is 26.0 Å². The normalized spacial score (nSPS) is 12.0. The van der Waals surface area contributed by atoms with Crippen molar-refractivity contribution in [3.63, 3.8) is 0 Å². The summed E-state index contributed by atoms with van der Waals surface area (Å²) < 4.78 is 38.6. The summed E-state index contributed by atoms with van der Waals surface area (Å²) in [7, 11) is -2.16. The largest absolute Gasteiger partial charge is 0.497 e. The molecule has 0 saturated heterocycles. The van der Waals surface area contributed by atoms with Gasteiger partial charge >= 0.3 is 0 Å². The molecule has 3 aromatic carbocycles. The van der Waals surface area contributed by atoms with Crippen molar-refractivity contribution in [1.29, 1.82) is 0 Å². The van der Waals surface area contributed by atoms with Crippen LogP contribution in [0.4, 0.5) is 11.4 Å². The van der Waals surface area contributed by atoms with Crippen molar-refractivity contribution in [3.05, 3.63) is 78.4 Å². The lowest BCUT2D eigenvalue weighted by molar-refractivity contribution is -0.122. The van der Waals surface area contributed by atoms with E-state index < -0.39 is 16.1 Å². The maximum Gasteiger partial charge on any atom is 0.265 e. The van der Waals surface area contributed by atoms with Gasteiger partial charge in [0.2, 0.25) is 0 Å². The number of anilines is 2. The Kier molecular flexibility index (Phi) is 7.37. The van der Waals surface area contributed by atoms with Crippen LogP contribution in [0.25, 0.3) is 0 Å². The smallest absolute Gasteiger partial charge is 0.265 e. The number of nitrogens with one attached hydrogen (secondary N) is 2. The molecule has 0 fully saturated rings. The van der Waals surface area contributed by atoms with Gasteiger partial charge in [-0.25, -0.2) is 8.42 Å². The van der Waals surface area contributed by atoms with Gasteiger partial charge in [0.05, 0.1) is 12.0 Å². The molecule has 0 radical (unpaired) electrons. The van der Waals surface area contributed by atoms with E-state index in [2.05, 4.69) is 10.0 Å². The number of methoxy groups -OCH3 is 1. The van der Waals surface area contributed by atoms with Crippen molar-refractivity contribution in [2.24, 2.45) is 0 Å². The van der Waals surface area contributed by atoms with Crippen LogP contribution >= 0.6 is 0 Å². The van der Waals surface area contributed by atoms with Crippen molar-refractivity contribution in [3.8, 4) is 11.5 Å². The number of rotatable bonds is 9. The van der Waals surface area contributed by atoms with Gasteiger partial charge in [-0.05, 0) is 74.0 Å². The molecule has 1 amide bonds. The van der Waals surface area contributed by atoms with E-state index in [9.17, 15) is 13.2 Å². The summed E-state index contributed by atoms with van der Waals surface area (Å²) in [4.78, 5) is 12.7. The van der Waals surface area contributed by atoms with E-state index in [1.165, 1.54) is 12.1 Å². The molecule has 2 N–H and O–H groups in total. The maximum absolute atomic E-state index is 12.6. The maximum atomic E-state index is 12.6. The van der Waals surface area contributed by atoms with E-state index in [0.29, 0.717) is 29.3 Å². The Morgan fingerprint density at radius 3 is 2.00 bits per heavy atom. The summed E-state index contributed by atoms with van der Waals surface area (Å²) in [6.07, 6.45) is -0.236. The van der Waals surface area contributed by atoms with E-state index in [1.54, 1.807) is 55.6 Å². The van der Waals surface area contributed by atoms with E-state index in [-0.39, 0.29) is 10.8 Å². The minimum Gasteiger partial charge on any atom is -0.497 e.